The van der Waals surface area contributed by atoms with Crippen molar-refractivity contribution in [1.29, 1.82) is 0 Å². The zero-order valence-corrected chi connectivity index (χ0v) is 37.7. The predicted octanol–water partition coefficient (Wildman–Crippen LogP) is 5.43. The van der Waals surface area contributed by atoms with Gasteiger partial charge in [0.05, 0.1) is 38.7 Å². The fraction of sp³-hybridized carbons (Fsp3) is 0.346. The fourth-order valence-electron chi connectivity index (χ4n) is 7.41. The number of aromatic nitrogens is 4. The van der Waals surface area contributed by atoms with Crippen LogP contribution in [0, 0.1) is 82.9 Å². The zero-order valence-electron chi connectivity index (χ0n) is 37.7. The lowest BCUT2D eigenvalue weighted by Gasteiger charge is -2.29. The Morgan fingerprint density at radius 3 is 1.18 bits per heavy atom. The third kappa shape index (κ3) is 12.7. The van der Waals surface area contributed by atoms with Crippen LogP contribution in [0.5, 0.6) is 0 Å². The number of ether oxygens (including phenoxy) is 2. The quantitative estimate of drug-likeness (QED) is 0.170. The first-order chi connectivity index (χ1) is 31.9. The molecule has 334 valence electrons. The van der Waals surface area contributed by atoms with Crippen LogP contribution in [-0.2, 0) is 19.1 Å². The fourth-order valence-corrected chi connectivity index (χ4v) is 7.41. The summed E-state index contributed by atoms with van der Waals surface area (Å²) in [6.45, 7) is 8.65. The van der Waals surface area contributed by atoms with Crippen molar-refractivity contribution >= 4 is 24.0 Å². The van der Waals surface area contributed by atoms with Crippen molar-refractivity contribution in [3.05, 3.63) is 106 Å². The second-order valence-electron chi connectivity index (χ2n) is 16.1. The molecule has 0 spiro atoms. The Balaban J connectivity index is 0.973. The van der Waals surface area contributed by atoms with Gasteiger partial charge in [-0.15, -0.1) is 0 Å². The number of alkyl carbamates (subject to hydrolysis) is 2. The number of hydrogen-bond acceptors (Lipinski definition) is 8. The maximum Gasteiger partial charge on any atom is 0.407 e. The number of nitrogens with zero attached hydrogens (tertiary/aromatic N) is 4. The standard InChI is InChI=1S/C52H50N8O6/c1-35(2)45(57-51(63)65-5)49(61)59-31-13-21-43(59)47-53-33-41(55-47)19-11-9-17-39-27-23-37(24-28-39)15-7-8-16-38-25-29-40(30-26-38)18-10-12-20-42-34-54-48(56-42)44-22-14-32-60(44)50(62)46(36(3)4)58-52(64)66-6/h23-30,33-36,43-46H,13-14,21-22,31-32H2,1-6H3,(H,53,55)(H,54,56)(H,57,63)(H,58,64)/t43-,44-,45-,46-/m0/s1. The van der Waals surface area contributed by atoms with Crippen LogP contribution >= 0.6 is 0 Å². The molecule has 2 aliphatic heterocycles. The molecular weight excluding hydrogens is 833 g/mol. The minimum atomic E-state index is -0.705. The molecule has 4 atom stereocenters. The highest BCUT2D eigenvalue weighted by Crippen LogP contribution is 2.32. The van der Waals surface area contributed by atoms with E-state index in [2.05, 4.69) is 102 Å². The van der Waals surface area contributed by atoms with E-state index < -0.39 is 24.3 Å². The van der Waals surface area contributed by atoms with Crippen LogP contribution in [0.1, 0.15) is 111 Å². The Labute approximate surface area is 385 Å². The molecule has 66 heavy (non-hydrogen) atoms. The molecule has 2 saturated heterocycles. The Morgan fingerprint density at radius 1 is 0.561 bits per heavy atom. The zero-order chi connectivity index (χ0) is 47.0. The van der Waals surface area contributed by atoms with E-state index in [9.17, 15) is 19.2 Å². The summed E-state index contributed by atoms with van der Waals surface area (Å²) >= 11 is 0. The SMILES string of the molecule is COC(=O)N[C@H](C(=O)N1CCC[C@H]1c1ncc(C#CC#Cc2ccc(C#CC#Cc3ccc(C#CC#Cc4cnc([C@@H]5CCCN5C(=O)[C@@H](NC(=O)OC)C(C)C)[nH]4)cc3)cc2)[nH]1)C(C)C. The summed E-state index contributed by atoms with van der Waals surface area (Å²) in [4.78, 5) is 69.4. The van der Waals surface area contributed by atoms with E-state index in [1.165, 1.54) is 14.2 Å². The van der Waals surface area contributed by atoms with Crippen molar-refractivity contribution in [2.45, 2.75) is 77.5 Å². The number of benzene rings is 2. The van der Waals surface area contributed by atoms with E-state index >= 15 is 0 Å². The molecule has 2 aromatic heterocycles. The second kappa shape index (κ2) is 22.9. The monoisotopic (exact) mass is 882 g/mol. The van der Waals surface area contributed by atoms with Crippen LogP contribution in [0.3, 0.4) is 0 Å². The topological polar surface area (TPSA) is 175 Å². The molecule has 14 nitrogen and oxygen atoms in total. The Bertz CT molecular complexity index is 2610. The maximum atomic E-state index is 13.4. The summed E-state index contributed by atoms with van der Waals surface area (Å²) in [5.41, 5.74) is 4.33. The number of likely N-dealkylation sites (tertiary alicyclic amines) is 2. The van der Waals surface area contributed by atoms with Gasteiger partial charge in [0.25, 0.3) is 0 Å². The van der Waals surface area contributed by atoms with Gasteiger partial charge < -0.3 is 39.9 Å². The van der Waals surface area contributed by atoms with Gasteiger partial charge in [0.2, 0.25) is 11.8 Å². The molecule has 0 saturated carbocycles. The van der Waals surface area contributed by atoms with Crippen molar-refractivity contribution < 1.29 is 28.7 Å². The van der Waals surface area contributed by atoms with Crippen molar-refractivity contribution in [2.75, 3.05) is 27.3 Å². The van der Waals surface area contributed by atoms with Gasteiger partial charge in [-0.25, -0.2) is 19.6 Å². The molecule has 4 N–H and O–H groups in total. The van der Waals surface area contributed by atoms with Gasteiger partial charge >= 0.3 is 12.2 Å². The number of imidazole rings is 2. The number of carbonyl (C=O) groups excluding carboxylic acids is 4. The molecule has 4 amide bonds. The van der Waals surface area contributed by atoms with Gasteiger partial charge in [-0.05, 0) is 133 Å². The minimum Gasteiger partial charge on any atom is -0.453 e. The molecule has 0 bridgehead atoms. The summed E-state index contributed by atoms with van der Waals surface area (Å²) in [7, 11) is 2.55. The van der Waals surface area contributed by atoms with Gasteiger partial charge in [-0.3, -0.25) is 9.59 Å². The largest absolute Gasteiger partial charge is 0.453 e. The van der Waals surface area contributed by atoms with Crippen molar-refractivity contribution in [1.82, 2.24) is 40.4 Å². The lowest BCUT2D eigenvalue weighted by molar-refractivity contribution is -0.136. The average molecular weight is 883 g/mol. The van der Waals surface area contributed by atoms with Crippen molar-refractivity contribution in [3.8, 4) is 71.0 Å². The Kier molecular flexibility index (Phi) is 16.4. The molecule has 14 heteroatoms. The van der Waals surface area contributed by atoms with Crippen LogP contribution in [0.2, 0.25) is 0 Å². The van der Waals surface area contributed by atoms with Gasteiger partial charge in [0.15, 0.2) is 0 Å². The molecule has 2 aliphatic rings. The highest BCUT2D eigenvalue weighted by molar-refractivity contribution is 5.87. The van der Waals surface area contributed by atoms with Crippen LogP contribution < -0.4 is 10.6 Å². The van der Waals surface area contributed by atoms with Gasteiger partial charge in [0, 0.05) is 35.3 Å². The average Bonchev–Trinajstić information content (AvgIpc) is 4.17. The molecule has 2 fully saturated rings. The smallest absolute Gasteiger partial charge is 0.407 e. The van der Waals surface area contributed by atoms with Gasteiger partial charge in [-0.1, -0.05) is 51.4 Å². The highest BCUT2D eigenvalue weighted by atomic mass is 16.5. The second-order valence-corrected chi connectivity index (χ2v) is 16.1. The minimum absolute atomic E-state index is 0.119. The number of aromatic amines is 2. The first kappa shape index (κ1) is 47.2. The normalized spacial score (nSPS) is 15.6. The summed E-state index contributed by atoms with van der Waals surface area (Å²) < 4.78 is 9.44. The number of carbonyl (C=O) groups is 4. The number of methoxy groups -OCH3 is 2. The van der Waals surface area contributed by atoms with Gasteiger partial charge in [0.1, 0.15) is 35.1 Å². The lowest BCUT2D eigenvalue weighted by atomic mass is 10.0. The predicted molar refractivity (Wildman–Crippen MR) is 247 cm³/mol. The molecular formula is C52H50N8O6. The maximum absolute atomic E-state index is 13.4. The van der Waals surface area contributed by atoms with Crippen LogP contribution in [0.4, 0.5) is 9.59 Å². The summed E-state index contributed by atoms with van der Waals surface area (Å²) in [5, 5.41) is 5.32. The molecule has 0 radical (unpaired) electrons. The molecule has 6 rings (SSSR count). The first-order valence-electron chi connectivity index (χ1n) is 21.6. The van der Waals surface area contributed by atoms with Gasteiger partial charge in [-0.2, -0.15) is 0 Å². The number of nitrogens with one attached hydrogen (secondary N) is 4. The van der Waals surface area contributed by atoms with Crippen molar-refractivity contribution in [3.63, 3.8) is 0 Å². The number of rotatable bonds is 8. The lowest BCUT2D eigenvalue weighted by Crippen LogP contribution is -2.51. The van der Waals surface area contributed by atoms with Crippen LogP contribution in [-0.4, -0.2) is 93.1 Å². The van der Waals surface area contributed by atoms with Crippen LogP contribution in [0.25, 0.3) is 0 Å². The molecule has 2 aromatic carbocycles. The van der Waals surface area contributed by atoms with Crippen LogP contribution in [0.15, 0.2) is 60.9 Å². The van der Waals surface area contributed by atoms with E-state index in [1.54, 1.807) is 22.2 Å². The Morgan fingerprint density at radius 2 is 0.879 bits per heavy atom. The summed E-state index contributed by atoms with van der Waals surface area (Å²) in [5.74, 6) is 36.1. The third-order valence-corrected chi connectivity index (χ3v) is 10.9. The molecule has 4 aromatic rings. The van der Waals surface area contributed by atoms with Crippen molar-refractivity contribution in [2.24, 2.45) is 11.8 Å². The third-order valence-electron chi connectivity index (χ3n) is 10.9. The van der Waals surface area contributed by atoms with E-state index in [1.807, 2.05) is 76.2 Å². The molecule has 4 heterocycles. The highest BCUT2D eigenvalue weighted by Gasteiger charge is 2.38. The molecule has 0 aliphatic carbocycles. The summed E-state index contributed by atoms with van der Waals surface area (Å²) in [6.07, 6.45) is 5.12. The number of amides is 4. The Hall–Kier alpha value is -8.30. The van der Waals surface area contributed by atoms with E-state index in [-0.39, 0.29) is 35.7 Å². The van der Waals surface area contributed by atoms with E-state index in [4.69, 9.17) is 9.47 Å². The van der Waals surface area contributed by atoms with E-state index in [0.717, 1.165) is 47.9 Å². The summed E-state index contributed by atoms with van der Waals surface area (Å²) in [6, 6.07) is 13.1. The number of H-pyrrole nitrogens is 2. The first-order valence-corrected chi connectivity index (χ1v) is 21.6. The molecule has 0 unspecified atom stereocenters. The number of hydrogen-bond donors (Lipinski definition) is 4. The van der Waals surface area contributed by atoms with E-state index in [0.29, 0.717) is 36.1 Å².